The largest absolute Gasteiger partial charge is 0.435 e. The number of carbonyl (C=O) groups is 2. The number of hydrogen-bond donors (Lipinski definition) is 2. The van der Waals surface area contributed by atoms with Crippen LogP contribution in [0.3, 0.4) is 0 Å². The fourth-order valence-electron chi connectivity index (χ4n) is 2.37. The van der Waals surface area contributed by atoms with Crippen molar-refractivity contribution in [3.8, 4) is 5.75 Å². The fraction of sp³-hybridized carbons (Fsp3) is 0.263. The van der Waals surface area contributed by atoms with Crippen molar-refractivity contribution in [2.45, 2.75) is 19.1 Å². The number of benzene rings is 2. The number of hydrogen-bond acceptors (Lipinski definition) is 4. The van der Waals surface area contributed by atoms with Crippen molar-refractivity contribution in [2.24, 2.45) is 0 Å². The van der Waals surface area contributed by atoms with Crippen molar-refractivity contribution in [2.75, 3.05) is 17.3 Å². The van der Waals surface area contributed by atoms with Gasteiger partial charge in [0.2, 0.25) is 5.91 Å². The lowest BCUT2D eigenvalue weighted by Crippen LogP contribution is -2.44. The number of amides is 2. The van der Waals surface area contributed by atoms with Crippen LogP contribution in [-0.4, -0.2) is 36.5 Å². The van der Waals surface area contributed by atoms with E-state index in [0.29, 0.717) is 27.9 Å². The highest BCUT2D eigenvalue weighted by Crippen LogP contribution is 2.20. The molecule has 2 rings (SSSR count). The maximum absolute atomic E-state index is 12.7. The molecule has 0 saturated heterocycles. The molecule has 2 N–H and O–H groups in total. The van der Waals surface area contributed by atoms with E-state index in [0.717, 1.165) is 0 Å². The maximum atomic E-state index is 12.7. The zero-order valence-electron chi connectivity index (χ0n) is 15.0. The Kier molecular flexibility index (Phi) is 8.72. The minimum atomic E-state index is -2.95. The summed E-state index contributed by atoms with van der Waals surface area (Å²) >= 11 is 4.86. The Hall–Kier alpha value is -2.13. The highest BCUT2D eigenvalue weighted by atomic mass is 79.9. The summed E-state index contributed by atoms with van der Waals surface area (Å²) in [4.78, 5) is 25.2. The second-order valence-corrected chi connectivity index (χ2v) is 7.52. The molecule has 9 heteroatoms. The van der Waals surface area contributed by atoms with Crippen LogP contribution in [0.5, 0.6) is 5.75 Å². The van der Waals surface area contributed by atoms with Crippen LogP contribution in [0.2, 0.25) is 0 Å². The summed E-state index contributed by atoms with van der Waals surface area (Å²) in [6.07, 6.45) is 2.31. The summed E-state index contributed by atoms with van der Waals surface area (Å²) in [7, 11) is 0. The molecule has 0 saturated carbocycles. The predicted molar refractivity (Wildman–Crippen MR) is 110 cm³/mol. The number of halogens is 3. The number of anilines is 1. The molecular formula is C19H19BrF2N2O3S. The van der Waals surface area contributed by atoms with E-state index in [1.165, 1.54) is 18.2 Å². The zero-order valence-corrected chi connectivity index (χ0v) is 17.4. The predicted octanol–water partition coefficient (Wildman–Crippen LogP) is 4.54. The summed E-state index contributed by atoms with van der Waals surface area (Å²) in [5, 5.41) is 5.37. The molecule has 0 aliphatic carbocycles. The minimum absolute atomic E-state index is 0.0642. The smallest absolute Gasteiger partial charge is 0.387 e. The van der Waals surface area contributed by atoms with Crippen LogP contribution in [0.1, 0.15) is 16.8 Å². The van der Waals surface area contributed by atoms with Crippen LogP contribution in [0, 0.1) is 0 Å². The van der Waals surface area contributed by atoms with Crippen molar-refractivity contribution in [3.63, 3.8) is 0 Å². The quantitative estimate of drug-likeness (QED) is 0.562. The third kappa shape index (κ3) is 6.79. The molecule has 5 nitrogen and oxygen atoms in total. The molecule has 0 fully saturated rings. The summed E-state index contributed by atoms with van der Waals surface area (Å²) in [6.45, 7) is -2.95. The van der Waals surface area contributed by atoms with E-state index in [1.807, 2.05) is 6.26 Å². The number of carbonyl (C=O) groups excluding carboxylic acids is 2. The normalized spacial score (nSPS) is 11.8. The Balaban J connectivity index is 2.10. The molecule has 0 radical (unpaired) electrons. The van der Waals surface area contributed by atoms with Gasteiger partial charge in [-0.1, -0.05) is 18.2 Å². The first-order valence-corrected chi connectivity index (χ1v) is 10.5. The highest BCUT2D eigenvalue weighted by Gasteiger charge is 2.22. The molecule has 0 aromatic heterocycles. The maximum Gasteiger partial charge on any atom is 0.387 e. The average molecular weight is 473 g/mol. The zero-order chi connectivity index (χ0) is 20.5. The molecule has 0 bridgehead atoms. The van der Waals surface area contributed by atoms with Gasteiger partial charge in [0, 0.05) is 16.2 Å². The monoisotopic (exact) mass is 472 g/mol. The Bertz CT molecular complexity index is 823. The van der Waals surface area contributed by atoms with E-state index in [9.17, 15) is 18.4 Å². The van der Waals surface area contributed by atoms with Crippen LogP contribution in [0.15, 0.2) is 53.0 Å². The second-order valence-electron chi connectivity index (χ2n) is 5.68. The number of thioether (sulfide) groups is 1. The van der Waals surface area contributed by atoms with Crippen LogP contribution >= 0.6 is 27.7 Å². The van der Waals surface area contributed by atoms with Gasteiger partial charge in [-0.05, 0) is 58.6 Å². The molecule has 28 heavy (non-hydrogen) atoms. The van der Waals surface area contributed by atoms with Gasteiger partial charge in [-0.3, -0.25) is 9.59 Å². The van der Waals surface area contributed by atoms with Gasteiger partial charge in [-0.15, -0.1) is 0 Å². The van der Waals surface area contributed by atoms with E-state index in [-0.39, 0.29) is 11.7 Å². The number of alkyl halides is 2. The lowest BCUT2D eigenvalue weighted by Gasteiger charge is -2.19. The Morgan fingerprint density at radius 3 is 2.61 bits per heavy atom. The molecular weight excluding hydrogens is 454 g/mol. The van der Waals surface area contributed by atoms with Crippen molar-refractivity contribution >= 4 is 45.2 Å². The lowest BCUT2D eigenvalue weighted by molar-refractivity contribution is -0.118. The van der Waals surface area contributed by atoms with Crippen LogP contribution in [-0.2, 0) is 4.79 Å². The summed E-state index contributed by atoms with van der Waals surface area (Å²) < 4.78 is 29.7. The first kappa shape index (κ1) is 22.2. The van der Waals surface area contributed by atoms with E-state index in [4.69, 9.17) is 0 Å². The molecule has 1 unspecified atom stereocenters. The molecule has 2 amide bonds. The first-order valence-electron chi connectivity index (χ1n) is 8.30. The number of nitrogens with one attached hydrogen (secondary N) is 2. The molecule has 0 heterocycles. The van der Waals surface area contributed by atoms with Gasteiger partial charge in [-0.2, -0.15) is 20.5 Å². The van der Waals surface area contributed by atoms with Crippen molar-refractivity contribution in [3.05, 3.63) is 58.6 Å². The van der Waals surface area contributed by atoms with E-state index >= 15 is 0 Å². The Labute approximate surface area is 174 Å². The average Bonchev–Trinajstić information content (AvgIpc) is 2.65. The Morgan fingerprint density at radius 2 is 1.93 bits per heavy atom. The number of rotatable bonds is 9. The molecule has 0 aliphatic rings. The topological polar surface area (TPSA) is 67.4 Å². The summed E-state index contributed by atoms with van der Waals surface area (Å²) in [6, 6.07) is 11.8. The van der Waals surface area contributed by atoms with Gasteiger partial charge < -0.3 is 15.4 Å². The van der Waals surface area contributed by atoms with Crippen LogP contribution in [0.4, 0.5) is 14.5 Å². The van der Waals surface area contributed by atoms with Crippen molar-refractivity contribution in [1.82, 2.24) is 5.32 Å². The molecule has 1 atom stereocenters. The van der Waals surface area contributed by atoms with Crippen LogP contribution < -0.4 is 15.4 Å². The molecule has 2 aromatic carbocycles. The van der Waals surface area contributed by atoms with Gasteiger partial charge >= 0.3 is 6.61 Å². The molecule has 150 valence electrons. The van der Waals surface area contributed by atoms with E-state index in [2.05, 4.69) is 31.3 Å². The number of ether oxygens (including phenoxy) is 1. The molecule has 0 aliphatic heterocycles. The first-order chi connectivity index (χ1) is 13.4. The fourth-order valence-corrected chi connectivity index (χ4v) is 3.30. The minimum Gasteiger partial charge on any atom is -0.435 e. The highest BCUT2D eigenvalue weighted by molar-refractivity contribution is 9.10. The Morgan fingerprint density at radius 1 is 1.18 bits per heavy atom. The summed E-state index contributed by atoms with van der Waals surface area (Å²) in [5.41, 5.74) is 0.712. The van der Waals surface area contributed by atoms with Gasteiger partial charge in [0.1, 0.15) is 11.8 Å². The van der Waals surface area contributed by atoms with Gasteiger partial charge in [-0.25, -0.2) is 0 Å². The summed E-state index contributed by atoms with van der Waals surface area (Å²) in [5.74, 6) is -0.235. The van der Waals surface area contributed by atoms with E-state index < -0.39 is 18.6 Å². The standard InChI is InChI=1S/C19H19BrF2N2O3S/c1-28-10-9-16(24-17(25)14-7-2-3-8-15(14)20)18(26)23-12-5-4-6-13(11-12)27-19(21)22/h2-8,11,16,19H,9-10H2,1H3,(H,23,26)(H,24,25). The van der Waals surface area contributed by atoms with Gasteiger partial charge in [0.05, 0.1) is 5.56 Å². The van der Waals surface area contributed by atoms with Gasteiger partial charge in [0.15, 0.2) is 0 Å². The van der Waals surface area contributed by atoms with E-state index in [1.54, 1.807) is 42.1 Å². The molecule has 0 spiro atoms. The van der Waals surface area contributed by atoms with Crippen molar-refractivity contribution < 1.29 is 23.1 Å². The van der Waals surface area contributed by atoms with Gasteiger partial charge in [0.25, 0.3) is 5.91 Å². The van der Waals surface area contributed by atoms with Crippen molar-refractivity contribution in [1.29, 1.82) is 0 Å². The van der Waals surface area contributed by atoms with Crippen LogP contribution in [0.25, 0.3) is 0 Å². The SMILES string of the molecule is CSCCC(NC(=O)c1ccccc1Br)C(=O)Nc1cccc(OC(F)F)c1. The lowest BCUT2D eigenvalue weighted by atomic mass is 10.1. The second kappa shape index (κ2) is 11.0. The third-order valence-corrected chi connectivity index (χ3v) is 5.01. The molecule has 2 aromatic rings. The third-order valence-electron chi connectivity index (χ3n) is 3.68.